The number of nitrogens with zero attached hydrogens (tertiary/aromatic N) is 1. The molecule has 1 aromatic carbocycles. The number of hydrogen-bond acceptors (Lipinski definition) is 3. The molecule has 0 aliphatic carbocycles. The van der Waals surface area contributed by atoms with Crippen LogP contribution in [-0.4, -0.2) is 32.5 Å². The third-order valence-corrected chi connectivity index (χ3v) is 4.61. The summed E-state index contributed by atoms with van der Waals surface area (Å²) in [6.07, 6.45) is -4.68. The lowest BCUT2D eigenvalue weighted by Crippen LogP contribution is -2.36. The van der Waals surface area contributed by atoms with Crippen molar-refractivity contribution in [2.45, 2.75) is 24.5 Å². The summed E-state index contributed by atoms with van der Waals surface area (Å²) in [4.78, 5) is -0.510. The fraction of sp³-hybridized carbons (Fsp3) is 0.455. The summed E-state index contributed by atoms with van der Waals surface area (Å²) in [5, 5.41) is 0. The van der Waals surface area contributed by atoms with Crippen molar-refractivity contribution in [2.24, 2.45) is 5.73 Å². The van der Waals surface area contributed by atoms with Crippen LogP contribution >= 0.6 is 0 Å². The van der Waals surface area contributed by atoms with Crippen molar-refractivity contribution in [1.29, 1.82) is 0 Å². The Morgan fingerprint density at radius 3 is 2.30 bits per heavy atom. The molecule has 0 heterocycles. The maximum absolute atomic E-state index is 13.6. The summed E-state index contributed by atoms with van der Waals surface area (Å²) in [5.41, 5.74) is 5.25. The maximum Gasteiger partial charge on any atom is 0.402 e. The number of nitrogens with two attached hydrogens (primary N) is 1. The van der Waals surface area contributed by atoms with Crippen LogP contribution in [0.5, 0.6) is 0 Å². The number of rotatable bonds is 4. The molecule has 4 nitrogen and oxygen atoms in total. The molecule has 0 aliphatic heterocycles. The van der Waals surface area contributed by atoms with Crippen LogP contribution in [0.3, 0.4) is 0 Å². The molecule has 0 aromatic heterocycles. The molecule has 0 spiro atoms. The summed E-state index contributed by atoms with van der Waals surface area (Å²) in [7, 11) is -3.65. The van der Waals surface area contributed by atoms with Crippen molar-refractivity contribution in [2.75, 3.05) is 13.6 Å². The first-order chi connectivity index (χ1) is 8.99. The quantitative estimate of drug-likeness (QED) is 0.862. The first kappa shape index (κ1) is 16.9. The summed E-state index contributed by atoms with van der Waals surface area (Å²) in [5.74, 6) is -0.827. The van der Waals surface area contributed by atoms with E-state index in [1.165, 1.54) is 6.92 Å². The molecule has 0 bridgehead atoms. The lowest BCUT2D eigenvalue weighted by Gasteiger charge is -2.20. The molecular formula is C11H14F4N2O2S. The van der Waals surface area contributed by atoms with E-state index < -0.39 is 33.5 Å². The van der Waals surface area contributed by atoms with E-state index in [1.54, 1.807) is 0 Å². The molecule has 1 rings (SSSR count). The second-order valence-electron chi connectivity index (χ2n) is 4.28. The van der Waals surface area contributed by atoms with Crippen LogP contribution in [0.4, 0.5) is 17.6 Å². The highest BCUT2D eigenvalue weighted by Gasteiger charge is 2.35. The van der Waals surface area contributed by atoms with Crippen LogP contribution in [0.1, 0.15) is 11.1 Å². The van der Waals surface area contributed by atoms with Gasteiger partial charge in [-0.3, -0.25) is 0 Å². The lowest BCUT2D eigenvalue weighted by molar-refractivity contribution is -0.134. The van der Waals surface area contributed by atoms with Crippen molar-refractivity contribution in [3.63, 3.8) is 0 Å². The molecule has 0 fully saturated rings. The zero-order valence-corrected chi connectivity index (χ0v) is 11.6. The Kier molecular flexibility index (Phi) is 4.78. The molecular weight excluding hydrogens is 300 g/mol. The minimum absolute atomic E-state index is 0.122. The zero-order valence-electron chi connectivity index (χ0n) is 10.8. The van der Waals surface area contributed by atoms with Crippen LogP contribution < -0.4 is 5.73 Å². The highest BCUT2D eigenvalue weighted by Crippen LogP contribution is 2.25. The van der Waals surface area contributed by atoms with E-state index in [4.69, 9.17) is 5.73 Å². The molecule has 114 valence electrons. The maximum atomic E-state index is 13.6. The topological polar surface area (TPSA) is 63.4 Å². The minimum Gasteiger partial charge on any atom is -0.326 e. The van der Waals surface area contributed by atoms with E-state index in [-0.39, 0.29) is 22.0 Å². The highest BCUT2D eigenvalue weighted by atomic mass is 32.2. The van der Waals surface area contributed by atoms with Gasteiger partial charge in [0.25, 0.3) is 0 Å². The molecule has 0 radical (unpaired) electrons. The summed E-state index contributed by atoms with van der Waals surface area (Å²) >= 11 is 0. The summed E-state index contributed by atoms with van der Waals surface area (Å²) < 4.78 is 74.7. The van der Waals surface area contributed by atoms with E-state index in [0.29, 0.717) is 0 Å². The van der Waals surface area contributed by atoms with E-state index in [2.05, 4.69) is 0 Å². The Bertz CT molecular complexity index is 599. The smallest absolute Gasteiger partial charge is 0.326 e. The van der Waals surface area contributed by atoms with Gasteiger partial charge in [-0.15, -0.1) is 0 Å². The number of sulfonamides is 1. The predicted octanol–water partition coefficient (Wildman–Crippen LogP) is 1.78. The van der Waals surface area contributed by atoms with Gasteiger partial charge >= 0.3 is 6.18 Å². The van der Waals surface area contributed by atoms with Crippen LogP contribution in [-0.2, 0) is 16.6 Å². The van der Waals surface area contributed by atoms with Crippen molar-refractivity contribution >= 4 is 10.0 Å². The van der Waals surface area contributed by atoms with Gasteiger partial charge in [-0.05, 0) is 24.6 Å². The molecule has 20 heavy (non-hydrogen) atoms. The number of halogens is 4. The van der Waals surface area contributed by atoms with Crippen molar-refractivity contribution in [3.05, 3.63) is 29.1 Å². The summed E-state index contributed by atoms with van der Waals surface area (Å²) in [6, 6.07) is 2.14. The SMILES string of the molecule is Cc1c(F)cc(CN)cc1S(=O)(=O)N(C)CC(F)(F)F. The summed E-state index contributed by atoms with van der Waals surface area (Å²) in [6.45, 7) is -0.587. The largest absolute Gasteiger partial charge is 0.402 e. The third-order valence-electron chi connectivity index (χ3n) is 2.68. The van der Waals surface area contributed by atoms with Crippen LogP contribution in [0.15, 0.2) is 17.0 Å². The zero-order chi connectivity index (χ0) is 15.7. The lowest BCUT2D eigenvalue weighted by atomic mass is 10.1. The molecule has 0 amide bonds. The van der Waals surface area contributed by atoms with Gasteiger partial charge in [0.1, 0.15) is 12.4 Å². The normalized spacial score (nSPS) is 13.0. The Labute approximate surface area is 114 Å². The predicted molar refractivity (Wildman–Crippen MR) is 64.9 cm³/mol. The fourth-order valence-corrected chi connectivity index (χ4v) is 3.04. The molecule has 0 saturated carbocycles. The third kappa shape index (κ3) is 3.68. The van der Waals surface area contributed by atoms with Gasteiger partial charge in [0, 0.05) is 19.2 Å². The monoisotopic (exact) mass is 314 g/mol. The molecule has 0 unspecified atom stereocenters. The van der Waals surface area contributed by atoms with Crippen molar-refractivity contribution in [3.8, 4) is 0 Å². The Hall–Kier alpha value is -1.19. The van der Waals surface area contributed by atoms with Gasteiger partial charge in [0.05, 0.1) is 4.90 Å². The van der Waals surface area contributed by atoms with Crippen molar-refractivity contribution in [1.82, 2.24) is 4.31 Å². The van der Waals surface area contributed by atoms with Crippen LogP contribution in [0, 0.1) is 12.7 Å². The molecule has 2 N–H and O–H groups in total. The first-order valence-corrected chi connectivity index (χ1v) is 6.95. The second-order valence-corrected chi connectivity index (χ2v) is 6.29. The van der Waals surface area contributed by atoms with Gasteiger partial charge in [-0.2, -0.15) is 17.5 Å². The van der Waals surface area contributed by atoms with E-state index in [9.17, 15) is 26.0 Å². The van der Waals surface area contributed by atoms with Crippen LogP contribution in [0.25, 0.3) is 0 Å². The van der Waals surface area contributed by atoms with Gasteiger partial charge < -0.3 is 5.73 Å². The standard InChI is InChI=1S/C11H14F4N2O2S/c1-7-9(12)3-8(5-16)4-10(7)20(18,19)17(2)6-11(13,14)15/h3-4H,5-6,16H2,1-2H3. The van der Waals surface area contributed by atoms with Crippen LogP contribution in [0.2, 0.25) is 0 Å². The first-order valence-electron chi connectivity index (χ1n) is 5.51. The van der Waals surface area contributed by atoms with Gasteiger partial charge in [0.2, 0.25) is 10.0 Å². The van der Waals surface area contributed by atoms with E-state index >= 15 is 0 Å². The number of alkyl halides is 3. The average Bonchev–Trinajstić information content (AvgIpc) is 2.29. The van der Waals surface area contributed by atoms with Crippen molar-refractivity contribution < 1.29 is 26.0 Å². The molecule has 0 aliphatic rings. The number of hydrogen-bond donors (Lipinski definition) is 1. The molecule has 0 saturated heterocycles. The molecule has 0 atom stereocenters. The Morgan fingerprint density at radius 2 is 1.85 bits per heavy atom. The average molecular weight is 314 g/mol. The van der Waals surface area contributed by atoms with E-state index in [1.807, 2.05) is 0 Å². The van der Waals surface area contributed by atoms with Gasteiger partial charge in [0.15, 0.2) is 0 Å². The second kappa shape index (κ2) is 5.66. The molecule has 9 heteroatoms. The highest BCUT2D eigenvalue weighted by molar-refractivity contribution is 7.89. The fourth-order valence-electron chi connectivity index (χ4n) is 1.60. The van der Waals surface area contributed by atoms with Gasteiger partial charge in [-0.25, -0.2) is 12.8 Å². The Balaban J connectivity index is 3.32. The number of benzene rings is 1. The van der Waals surface area contributed by atoms with E-state index in [0.717, 1.165) is 19.2 Å². The molecule has 1 aromatic rings. The van der Waals surface area contributed by atoms with Gasteiger partial charge in [-0.1, -0.05) is 0 Å². The Morgan fingerprint density at radius 1 is 1.30 bits per heavy atom. The minimum atomic E-state index is -4.68.